The zero-order valence-electron chi connectivity index (χ0n) is 16.1. The molecule has 27 heavy (non-hydrogen) atoms. The van der Waals surface area contributed by atoms with Crippen LogP contribution in [0.5, 0.6) is 0 Å². The van der Waals surface area contributed by atoms with E-state index >= 15 is 0 Å². The quantitative estimate of drug-likeness (QED) is 0.853. The van der Waals surface area contributed by atoms with Gasteiger partial charge in [-0.1, -0.05) is 30.3 Å². The number of nitriles is 1. The molecule has 1 heterocycles. The highest BCUT2D eigenvalue weighted by Gasteiger charge is 2.30. The highest BCUT2D eigenvalue weighted by Crippen LogP contribution is 2.22. The first kappa shape index (κ1) is 20.6. The van der Waals surface area contributed by atoms with Crippen LogP contribution in [0.1, 0.15) is 39.2 Å². The summed E-state index contributed by atoms with van der Waals surface area (Å²) in [6.07, 6.45) is 0.286. The molecule has 1 aromatic carbocycles. The molecule has 1 aliphatic heterocycles. The maximum absolute atomic E-state index is 12.2. The number of hydrogen-bond donors (Lipinski definition) is 1. The molecule has 0 spiro atoms. The molecule has 146 valence electrons. The molecule has 2 unspecified atom stereocenters. The molecule has 2 atom stereocenters. The second-order valence-corrected chi connectivity index (χ2v) is 7.70. The minimum absolute atomic E-state index is 0.133. The molecular weight excluding hydrogens is 346 g/mol. The summed E-state index contributed by atoms with van der Waals surface area (Å²) in [7, 11) is 0. The first-order chi connectivity index (χ1) is 12.8. The number of ether oxygens (including phenoxy) is 2. The number of likely N-dealkylation sites (tertiary alicyclic amines) is 1. The maximum atomic E-state index is 12.2. The van der Waals surface area contributed by atoms with Crippen molar-refractivity contribution in [2.24, 2.45) is 5.92 Å². The smallest absolute Gasteiger partial charge is 0.410 e. The van der Waals surface area contributed by atoms with Crippen LogP contribution in [0.4, 0.5) is 9.59 Å². The molecule has 2 rings (SSSR count). The van der Waals surface area contributed by atoms with E-state index in [0.717, 1.165) is 12.0 Å². The van der Waals surface area contributed by atoms with E-state index in [9.17, 15) is 14.9 Å². The van der Waals surface area contributed by atoms with E-state index in [1.807, 2.05) is 30.3 Å². The summed E-state index contributed by atoms with van der Waals surface area (Å²) in [6, 6.07) is 11.0. The van der Waals surface area contributed by atoms with Crippen LogP contribution in [0.15, 0.2) is 30.3 Å². The summed E-state index contributed by atoms with van der Waals surface area (Å²) in [4.78, 5) is 25.7. The molecule has 0 aromatic heterocycles. The van der Waals surface area contributed by atoms with Crippen molar-refractivity contribution >= 4 is 12.2 Å². The summed E-state index contributed by atoms with van der Waals surface area (Å²) in [5.41, 5.74) is 0.323. The van der Waals surface area contributed by atoms with Crippen molar-refractivity contribution < 1.29 is 19.1 Å². The highest BCUT2D eigenvalue weighted by atomic mass is 16.6. The van der Waals surface area contributed by atoms with Gasteiger partial charge in [-0.25, -0.2) is 9.59 Å². The fourth-order valence-electron chi connectivity index (χ4n) is 2.93. The van der Waals surface area contributed by atoms with Crippen LogP contribution in [0.25, 0.3) is 0 Å². The largest absolute Gasteiger partial charge is 0.445 e. The van der Waals surface area contributed by atoms with Gasteiger partial charge in [-0.3, -0.25) is 0 Å². The van der Waals surface area contributed by atoms with E-state index in [1.165, 1.54) is 0 Å². The fourth-order valence-corrected chi connectivity index (χ4v) is 2.93. The Morgan fingerprint density at radius 1 is 1.33 bits per heavy atom. The highest BCUT2D eigenvalue weighted by molar-refractivity contribution is 5.69. The van der Waals surface area contributed by atoms with E-state index in [4.69, 9.17) is 9.47 Å². The fraction of sp³-hybridized carbons (Fsp3) is 0.550. The van der Waals surface area contributed by atoms with Gasteiger partial charge in [0.2, 0.25) is 0 Å². The Bertz CT molecular complexity index is 679. The molecule has 0 saturated carbocycles. The third-order valence-electron chi connectivity index (χ3n) is 4.17. The van der Waals surface area contributed by atoms with Crippen molar-refractivity contribution in [3.05, 3.63) is 35.9 Å². The summed E-state index contributed by atoms with van der Waals surface area (Å²) in [6.45, 7) is 6.64. The van der Waals surface area contributed by atoms with Gasteiger partial charge in [0, 0.05) is 13.1 Å². The van der Waals surface area contributed by atoms with E-state index < -0.39 is 17.7 Å². The zero-order valence-corrected chi connectivity index (χ0v) is 16.1. The first-order valence-electron chi connectivity index (χ1n) is 9.11. The van der Waals surface area contributed by atoms with Crippen LogP contribution in [0.2, 0.25) is 0 Å². The minimum Gasteiger partial charge on any atom is -0.445 e. The van der Waals surface area contributed by atoms with E-state index in [1.54, 1.807) is 25.7 Å². The Labute approximate surface area is 160 Å². The Kier molecular flexibility index (Phi) is 7.05. The van der Waals surface area contributed by atoms with Gasteiger partial charge in [0.25, 0.3) is 0 Å². The summed E-state index contributed by atoms with van der Waals surface area (Å²) in [5.74, 6) is 0.133. The molecule has 1 saturated heterocycles. The average molecular weight is 373 g/mol. The van der Waals surface area contributed by atoms with Crippen LogP contribution < -0.4 is 5.32 Å². The average Bonchev–Trinajstić information content (AvgIpc) is 3.07. The van der Waals surface area contributed by atoms with Gasteiger partial charge < -0.3 is 19.7 Å². The van der Waals surface area contributed by atoms with E-state index in [2.05, 4.69) is 11.4 Å². The van der Waals surface area contributed by atoms with Gasteiger partial charge in [-0.15, -0.1) is 0 Å². The van der Waals surface area contributed by atoms with Gasteiger partial charge in [-0.2, -0.15) is 5.26 Å². The molecule has 0 bridgehead atoms. The Morgan fingerprint density at radius 2 is 2.04 bits per heavy atom. The lowest BCUT2D eigenvalue weighted by atomic mass is 10.00. The molecule has 1 aliphatic rings. The number of alkyl carbamates (subject to hydrolysis) is 1. The second-order valence-electron chi connectivity index (χ2n) is 7.70. The standard InChI is InChI=1S/C20H27N3O4/c1-20(2,3)27-18(24)22-17(12-21)11-16-9-10-23(13-16)19(25)26-14-15-7-5-4-6-8-15/h4-8,16-17H,9-11,13-14H2,1-3H3,(H,22,24). The van der Waals surface area contributed by atoms with Gasteiger partial charge in [0.05, 0.1) is 6.07 Å². The number of rotatable bonds is 5. The Morgan fingerprint density at radius 3 is 2.67 bits per heavy atom. The molecule has 1 aromatic rings. The number of hydrogen-bond acceptors (Lipinski definition) is 5. The van der Waals surface area contributed by atoms with Crippen LogP contribution in [-0.4, -0.2) is 41.8 Å². The molecule has 7 heteroatoms. The molecule has 0 aliphatic carbocycles. The third kappa shape index (κ3) is 7.18. The third-order valence-corrected chi connectivity index (χ3v) is 4.17. The van der Waals surface area contributed by atoms with Crippen LogP contribution >= 0.6 is 0 Å². The molecule has 7 nitrogen and oxygen atoms in total. The maximum Gasteiger partial charge on any atom is 0.410 e. The summed E-state index contributed by atoms with van der Waals surface area (Å²) >= 11 is 0. The van der Waals surface area contributed by atoms with Gasteiger partial charge >= 0.3 is 12.2 Å². The summed E-state index contributed by atoms with van der Waals surface area (Å²) in [5, 5.41) is 11.9. The van der Waals surface area contributed by atoms with Crippen LogP contribution in [-0.2, 0) is 16.1 Å². The minimum atomic E-state index is -0.648. The number of nitrogens with zero attached hydrogens (tertiary/aromatic N) is 2. The lowest BCUT2D eigenvalue weighted by Crippen LogP contribution is -2.39. The van der Waals surface area contributed by atoms with Crippen LogP contribution in [0, 0.1) is 17.2 Å². The van der Waals surface area contributed by atoms with E-state index in [0.29, 0.717) is 19.5 Å². The van der Waals surface area contributed by atoms with Crippen molar-refractivity contribution in [3.8, 4) is 6.07 Å². The number of amides is 2. The number of carbonyl (C=O) groups excluding carboxylic acids is 2. The molecule has 1 fully saturated rings. The van der Waals surface area contributed by atoms with Crippen molar-refractivity contribution in [2.75, 3.05) is 13.1 Å². The predicted octanol–water partition coefficient (Wildman–Crippen LogP) is 3.45. The molecule has 2 amide bonds. The first-order valence-corrected chi connectivity index (χ1v) is 9.11. The lowest BCUT2D eigenvalue weighted by molar-refractivity contribution is 0.0510. The van der Waals surface area contributed by atoms with Crippen molar-refractivity contribution in [3.63, 3.8) is 0 Å². The topological polar surface area (TPSA) is 91.7 Å². The lowest BCUT2D eigenvalue weighted by Gasteiger charge is -2.22. The predicted molar refractivity (Wildman–Crippen MR) is 99.7 cm³/mol. The van der Waals surface area contributed by atoms with Gasteiger partial charge in [0.15, 0.2) is 0 Å². The van der Waals surface area contributed by atoms with Gasteiger partial charge in [0.1, 0.15) is 18.2 Å². The normalized spacial score (nSPS) is 17.7. The molecule has 1 N–H and O–H groups in total. The second kappa shape index (κ2) is 9.26. The Hall–Kier alpha value is -2.75. The number of benzene rings is 1. The molecule has 0 radical (unpaired) electrons. The number of nitrogens with one attached hydrogen (secondary N) is 1. The summed E-state index contributed by atoms with van der Waals surface area (Å²) < 4.78 is 10.5. The van der Waals surface area contributed by atoms with Gasteiger partial charge in [-0.05, 0) is 45.1 Å². The zero-order chi connectivity index (χ0) is 19.9. The van der Waals surface area contributed by atoms with Crippen LogP contribution in [0.3, 0.4) is 0 Å². The van der Waals surface area contributed by atoms with E-state index in [-0.39, 0.29) is 18.6 Å². The molecular formula is C20H27N3O4. The monoisotopic (exact) mass is 373 g/mol. The van der Waals surface area contributed by atoms with Crippen molar-refractivity contribution in [1.82, 2.24) is 10.2 Å². The van der Waals surface area contributed by atoms with Crippen molar-refractivity contribution in [2.45, 2.75) is 51.9 Å². The van der Waals surface area contributed by atoms with Crippen molar-refractivity contribution in [1.29, 1.82) is 5.26 Å². The number of carbonyl (C=O) groups is 2. The SMILES string of the molecule is CC(C)(C)OC(=O)NC(C#N)CC1CCN(C(=O)OCc2ccccc2)C1. The Balaban J connectivity index is 1.76.